The maximum atomic E-state index is 12.5. The molecule has 2 fully saturated rings. The second-order valence-corrected chi connectivity index (χ2v) is 8.31. The van der Waals surface area contributed by atoms with Crippen molar-refractivity contribution in [2.45, 2.75) is 18.9 Å². The molecular formula is C24H24N6O3. The van der Waals surface area contributed by atoms with Crippen LogP contribution in [0.2, 0.25) is 0 Å². The summed E-state index contributed by atoms with van der Waals surface area (Å²) >= 11 is 0. The van der Waals surface area contributed by atoms with Crippen LogP contribution in [0.3, 0.4) is 0 Å². The zero-order chi connectivity index (χ0) is 22.2. The maximum absolute atomic E-state index is 12.5. The lowest BCUT2D eigenvalue weighted by Crippen LogP contribution is -2.37. The number of nitrogens with zero attached hydrogens (tertiary/aromatic N) is 5. The first-order valence-electron chi connectivity index (χ1n) is 11.3. The standard InChI is InChI=1S/C24H24N6O3/c31-24(18-6-2-8-25-18)33-17-5-1-4-16(14-17)22-27-23(29-10-12-32-13-11-29)21-15-19-20(30(21)28-22)7-3-9-26-19/h1,3-5,7,9,14-15,18,25H,2,6,8,10-13H2. The molecule has 168 valence electrons. The quantitative estimate of drug-likeness (QED) is 0.379. The summed E-state index contributed by atoms with van der Waals surface area (Å²) in [6.45, 7) is 3.67. The second kappa shape index (κ2) is 8.42. The van der Waals surface area contributed by atoms with E-state index in [0.717, 1.165) is 60.4 Å². The Kier molecular flexibility index (Phi) is 5.12. The number of morpholine rings is 1. The molecule has 0 saturated carbocycles. The molecule has 1 unspecified atom stereocenters. The first-order valence-corrected chi connectivity index (χ1v) is 11.3. The number of anilines is 1. The lowest BCUT2D eigenvalue weighted by atomic mass is 10.2. The zero-order valence-corrected chi connectivity index (χ0v) is 18.1. The van der Waals surface area contributed by atoms with Crippen LogP contribution in [0.15, 0.2) is 48.7 Å². The average Bonchev–Trinajstić information content (AvgIpc) is 3.53. The fraction of sp³-hybridized carbons (Fsp3) is 0.333. The fourth-order valence-electron chi connectivity index (χ4n) is 4.46. The van der Waals surface area contributed by atoms with Crippen LogP contribution in [0.4, 0.5) is 5.82 Å². The number of rotatable bonds is 4. The van der Waals surface area contributed by atoms with E-state index < -0.39 is 0 Å². The summed E-state index contributed by atoms with van der Waals surface area (Å²) in [5.74, 6) is 1.64. The van der Waals surface area contributed by atoms with Gasteiger partial charge in [0.2, 0.25) is 0 Å². The van der Waals surface area contributed by atoms with Crippen molar-refractivity contribution in [3.05, 3.63) is 48.7 Å². The summed E-state index contributed by atoms with van der Waals surface area (Å²) in [7, 11) is 0. The van der Waals surface area contributed by atoms with Gasteiger partial charge in [-0.3, -0.25) is 4.98 Å². The summed E-state index contributed by atoms with van der Waals surface area (Å²) in [4.78, 5) is 24.1. The molecule has 0 bridgehead atoms. The summed E-state index contributed by atoms with van der Waals surface area (Å²) < 4.78 is 13.1. The van der Waals surface area contributed by atoms with E-state index in [-0.39, 0.29) is 12.0 Å². The number of hydrogen-bond donors (Lipinski definition) is 1. The highest BCUT2D eigenvalue weighted by Gasteiger charge is 2.24. The van der Waals surface area contributed by atoms with Gasteiger partial charge in [0.15, 0.2) is 11.6 Å². The van der Waals surface area contributed by atoms with Crippen molar-refractivity contribution in [1.82, 2.24) is 24.9 Å². The number of pyridine rings is 1. The third-order valence-electron chi connectivity index (χ3n) is 6.15. The molecule has 3 aromatic heterocycles. The monoisotopic (exact) mass is 444 g/mol. The van der Waals surface area contributed by atoms with Crippen LogP contribution in [-0.4, -0.2) is 64.4 Å². The predicted molar refractivity (Wildman–Crippen MR) is 123 cm³/mol. The van der Waals surface area contributed by atoms with E-state index in [1.807, 2.05) is 40.9 Å². The minimum absolute atomic E-state index is 0.243. The molecule has 2 aliphatic rings. The first-order chi connectivity index (χ1) is 16.3. The topological polar surface area (TPSA) is 93.9 Å². The van der Waals surface area contributed by atoms with Crippen molar-refractivity contribution in [2.75, 3.05) is 37.7 Å². The van der Waals surface area contributed by atoms with Crippen LogP contribution in [0.1, 0.15) is 12.8 Å². The Labute approximate surface area is 190 Å². The fourth-order valence-corrected chi connectivity index (χ4v) is 4.46. The van der Waals surface area contributed by atoms with Gasteiger partial charge in [-0.15, -0.1) is 5.10 Å². The minimum Gasteiger partial charge on any atom is -0.425 e. The van der Waals surface area contributed by atoms with Crippen molar-refractivity contribution in [3.8, 4) is 17.1 Å². The van der Waals surface area contributed by atoms with Crippen molar-refractivity contribution in [2.24, 2.45) is 0 Å². The second-order valence-electron chi connectivity index (χ2n) is 8.31. The van der Waals surface area contributed by atoms with Crippen LogP contribution in [0, 0.1) is 0 Å². The lowest BCUT2D eigenvalue weighted by molar-refractivity contribution is -0.136. The molecule has 9 nitrogen and oxygen atoms in total. The van der Waals surface area contributed by atoms with Crippen LogP contribution < -0.4 is 15.0 Å². The van der Waals surface area contributed by atoms with E-state index in [1.165, 1.54) is 0 Å². The molecule has 0 radical (unpaired) electrons. The third-order valence-corrected chi connectivity index (χ3v) is 6.15. The number of aromatic nitrogens is 4. The molecule has 1 aromatic carbocycles. The molecule has 0 spiro atoms. The Hall–Kier alpha value is -3.56. The molecular weight excluding hydrogens is 420 g/mol. The molecule has 2 saturated heterocycles. The lowest BCUT2D eigenvalue weighted by Gasteiger charge is -2.28. The van der Waals surface area contributed by atoms with E-state index in [0.29, 0.717) is 24.8 Å². The van der Waals surface area contributed by atoms with Gasteiger partial charge in [-0.1, -0.05) is 12.1 Å². The highest BCUT2D eigenvalue weighted by molar-refractivity contribution is 5.88. The van der Waals surface area contributed by atoms with Gasteiger partial charge >= 0.3 is 5.97 Å². The number of nitrogens with one attached hydrogen (secondary N) is 1. The van der Waals surface area contributed by atoms with Gasteiger partial charge in [-0.2, -0.15) is 0 Å². The molecule has 0 aliphatic carbocycles. The predicted octanol–water partition coefficient (Wildman–Crippen LogP) is 2.44. The van der Waals surface area contributed by atoms with Gasteiger partial charge < -0.3 is 19.7 Å². The van der Waals surface area contributed by atoms with Gasteiger partial charge in [0.1, 0.15) is 17.3 Å². The summed E-state index contributed by atoms with van der Waals surface area (Å²) in [6.07, 6.45) is 3.56. The Morgan fingerprint density at radius 2 is 2.03 bits per heavy atom. The van der Waals surface area contributed by atoms with Gasteiger partial charge in [0.25, 0.3) is 0 Å². The van der Waals surface area contributed by atoms with E-state index in [4.69, 9.17) is 19.6 Å². The highest BCUT2D eigenvalue weighted by atomic mass is 16.5. The smallest absolute Gasteiger partial charge is 0.328 e. The van der Waals surface area contributed by atoms with Gasteiger partial charge in [-0.05, 0) is 49.7 Å². The molecule has 1 atom stereocenters. The summed E-state index contributed by atoms with van der Waals surface area (Å²) in [5.41, 5.74) is 3.47. The van der Waals surface area contributed by atoms with E-state index in [2.05, 4.69) is 15.2 Å². The molecule has 33 heavy (non-hydrogen) atoms. The minimum atomic E-state index is -0.252. The molecule has 9 heteroatoms. The molecule has 4 aromatic rings. The van der Waals surface area contributed by atoms with Crippen LogP contribution in [0.25, 0.3) is 27.9 Å². The van der Waals surface area contributed by atoms with Crippen LogP contribution >= 0.6 is 0 Å². The van der Waals surface area contributed by atoms with Gasteiger partial charge in [0, 0.05) is 24.8 Å². The summed E-state index contributed by atoms with van der Waals surface area (Å²) in [6, 6.07) is 13.1. The van der Waals surface area contributed by atoms with Crippen molar-refractivity contribution >= 4 is 28.3 Å². The SMILES string of the molecule is O=C(Oc1cccc(-c2nc(N3CCOCC3)c3cc4ncccc4n3n2)c1)C1CCCN1. The molecule has 5 heterocycles. The molecule has 6 rings (SSSR count). The van der Waals surface area contributed by atoms with E-state index in [1.54, 1.807) is 12.3 Å². The van der Waals surface area contributed by atoms with Crippen molar-refractivity contribution in [3.63, 3.8) is 0 Å². The Morgan fingerprint density at radius 3 is 2.88 bits per heavy atom. The molecule has 0 amide bonds. The largest absolute Gasteiger partial charge is 0.425 e. The number of carbonyl (C=O) groups is 1. The highest BCUT2D eigenvalue weighted by Crippen LogP contribution is 2.29. The average molecular weight is 444 g/mol. The number of ether oxygens (including phenoxy) is 2. The Bertz CT molecular complexity index is 1320. The Morgan fingerprint density at radius 1 is 1.12 bits per heavy atom. The third kappa shape index (κ3) is 3.79. The zero-order valence-electron chi connectivity index (χ0n) is 18.1. The van der Waals surface area contributed by atoms with Crippen LogP contribution in [0.5, 0.6) is 5.75 Å². The van der Waals surface area contributed by atoms with Crippen molar-refractivity contribution in [1.29, 1.82) is 0 Å². The molecule has 1 N–H and O–H groups in total. The Balaban J connectivity index is 1.43. The number of esters is 1. The first kappa shape index (κ1) is 20.1. The number of hydrogen-bond acceptors (Lipinski definition) is 8. The van der Waals surface area contributed by atoms with Gasteiger partial charge in [0.05, 0.1) is 24.2 Å². The number of carbonyl (C=O) groups excluding carboxylic acids is 1. The number of fused-ring (bicyclic) bond motifs is 3. The van der Waals surface area contributed by atoms with E-state index in [9.17, 15) is 4.79 Å². The van der Waals surface area contributed by atoms with Crippen molar-refractivity contribution < 1.29 is 14.3 Å². The van der Waals surface area contributed by atoms with E-state index >= 15 is 0 Å². The number of benzene rings is 1. The van der Waals surface area contributed by atoms with Gasteiger partial charge in [-0.25, -0.2) is 14.3 Å². The molecule has 2 aliphatic heterocycles. The normalized spacial score (nSPS) is 18.8. The summed E-state index contributed by atoms with van der Waals surface area (Å²) in [5, 5.41) is 8.02. The maximum Gasteiger partial charge on any atom is 0.328 e. The van der Waals surface area contributed by atoms with Crippen LogP contribution in [-0.2, 0) is 9.53 Å².